The third-order valence-electron chi connectivity index (χ3n) is 4.06. The van der Waals surface area contributed by atoms with Crippen molar-refractivity contribution in [3.05, 3.63) is 0 Å². The molecule has 16 heavy (non-hydrogen) atoms. The Morgan fingerprint density at radius 2 is 2.06 bits per heavy atom. The minimum absolute atomic E-state index is 0.315. The van der Waals surface area contributed by atoms with E-state index in [1.807, 2.05) is 0 Å². The highest BCUT2D eigenvalue weighted by Crippen LogP contribution is 2.38. The van der Waals surface area contributed by atoms with E-state index >= 15 is 0 Å². The van der Waals surface area contributed by atoms with Gasteiger partial charge in [0, 0.05) is 12.3 Å². The molecule has 94 valence electrons. The van der Waals surface area contributed by atoms with E-state index in [0.717, 1.165) is 18.8 Å². The fourth-order valence-corrected chi connectivity index (χ4v) is 3.03. The molecule has 1 rings (SSSR count). The average Bonchev–Trinajstić information content (AvgIpc) is 2.25. The van der Waals surface area contributed by atoms with Crippen LogP contribution < -0.4 is 5.73 Å². The monoisotopic (exact) mass is 225 g/mol. The topological polar surface area (TPSA) is 43.1 Å². The van der Waals surface area contributed by atoms with Gasteiger partial charge in [-0.2, -0.15) is 0 Å². The number of carbonyl (C=O) groups excluding carboxylic acids is 1. The van der Waals surface area contributed by atoms with Crippen molar-refractivity contribution >= 4 is 5.78 Å². The summed E-state index contributed by atoms with van der Waals surface area (Å²) >= 11 is 0. The standard InChI is InChI=1S/C14H27NO/c1-10(2)12-7-6-11(3)9-13(12)14(16)5-4-8-15/h10-13H,4-9,15H2,1-3H3/t11-,12+,13-/m1/s1. The molecule has 1 saturated carbocycles. The fraction of sp³-hybridized carbons (Fsp3) is 0.929. The Labute approximate surface area is 100.0 Å². The highest BCUT2D eigenvalue weighted by Gasteiger charge is 2.34. The molecule has 1 aliphatic carbocycles. The quantitative estimate of drug-likeness (QED) is 0.781. The minimum Gasteiger partial charge on any atom is -0.330 e. The fourth-order valence-electron chi connectivity index (χ4n) is 3.03. The Hall–Kier alpha value is -0.370. The van der Waals surface area contributed by atoms with Crippen LogP contribution in [0.5, 0.6) is 0 Å². The summed E-state index contributed by atoms with van der Waals surface area (Å²) in [4.78, 5) is 12.2. The molecule has 0 bridgehead atoms. The van der Waals surface area contributed by atoms with Crippen molar-refractivity contribution in [1.82, 2.24) is 0 Å². The second kappa shape index (κ2) is 6.39. The molecule has 0 unspecified atom stereocenters. The van der Waals surface area contributed by atoms with E-state index in [0.29, 0.717) is 36.5 Å². The second-order valence-corrected chi connectivity index (χ2v) is 5.79. The Morgan fingerprint density at radius 3 is 2.62 bits per heavy atom. The maximum Gasteiger partial charge on any atom is 0.136 e. The summed E-state index contributed by atoms with van der Waals surface area (Å²) in [7, 11) is 0. The van der Waals surface area contributed by atoms with Gasteiger partial charge >= 0.3 is 0 Å². The Bertz CT molecular complexity index is 225. The average molecular weight is 225 g/mol. The molecule has 0 aromatic carbocycles. The summed E-state index contributed by atoms with van der Waals surface area (Å²) in [6, 6.07) is 0. The highest BCUT2D eigenvalue weighted by atomic mass is 16.1. The molecule has 0 amide bonds. The van der Waals surface area contributed by atoms with Crippen molar-refractivity contribution in [2.24, 2.45) is 29.4 Å². The predicted octanol–water partition coefficient (Wildman–Crippen LogP) is 3.00. The third-order valence-corrected chi connectivity index (χ3v) is 4.06. The van der Waals surface area contributed by atoms with Crippen molar-refractivity contribution in [1.29, 1.82) is 0 Å². The molecule has 0 aromatic rings. The molecular weight excluding hydrogens is 198 g/mol. The molecule has 0 aliphatic heterocycles. The lowest BCUT2D eigenvalue weighted by molar-refractivity contribution is -0.127. The van der Waals surface area contributed by atoms with Crippen molar-refractivity contribution in [3.63, 3.8) is 0 Å². The number of nitrogens with two attached hydrogens (primary N) is 1. The van der Waals surface area contributed by atoms with Crippen LogP contribution in [0, 0.1) is 23.7 Å². The number of ketones is 1. The maximum atomic E-state index is 12.2. The summed E-state index contributed by atoms with van der Waals surface area (Å²) in [5.74, 6) is 2.76. The molecule has 1 aliphatic rings. The molecule has 2 nitrogen and oxygen atoms in total. The zero-order valence-corrected chi connectivity index (χ0v) is 11.0. The van der Waals surface area contributed by atoms with Gasteiger partial charge in [-0.1, -0.05) is 27.2 Å². The van der Waals surface area contributed by atoms with Crippen LogP contribution in [0.3, 0.4) is 0 Å². The molecule has 2 heteroatoms. The number of hydrogen-bond acceptors (Lipinski definition) is 2. The van der Waals surface area contributed by atoms with Gasteiger partial charge in [0.15, 0.2) is 0 Å². The lowest BCUT2D eigenvalue weighted by atomic mass is 9.68. The second-order valence-electron chi connectivity index (χ2n) is 5.79. The minimum atomic E-state index is 0.315. The van der Waals surface area contributed by atoms with E-state index in [1.54, 1.807) is 0 Å². The summed E-state index contributed by atoms with van der Waals surface area (Å²) in [6.45, 7) is 7.42. The van der Waals surface area contributed by atoms with E-state index < -0.39 is 0 Å². The summed E-state index contributed by atoms with van der Waals surface area (Å²) in [6.07, 6.45) is 5.18. The Balaban J connectivity index is 2.59. The molecule has 2 N–H and O–H groups in total. The van der Waals surface area contributed by atoms with Crippen LogP contribution in [0.1, 0.15) is 52.9 Å². The van der Waals surface area contributed by atoms with Gasteiger partial charge < -0.3 is 5.73 Å². The highest BCUT2D eigenvalue weighted by molar-refractivity contribution is 5.81. The number of hydrogen-bond donors (Lipinski definition) is 1. The van der Waals surface area contributed by atoms with E-state index in [1.165, 1.54) is 12.8 Å². The molecule has 1 fully saturated rings. The molecular formula is C14H27NO. The molecule has 0 aromatic heterocycles. The number of carbonyl (C=O) groups is 1. The van der Waals surface area contributed by atoms with E-state index in [-0.39, 0.29) is 0 Å². The van der Waals surface area contributed by atoms with E-state index in [2.05, 4.69) is 20.8 Å². The lowest BCUT2D eigenvalue weighted by Crippen LogP contribution is -2.33. The van der Waals surface area contributed by atoms with E-state index in [9.17, 15) is 4.79 Å². The van der Waals surface area contributed by atoms with Crippen molar-refractivity contribution in [2.75, 3.05) is 6.54 Å². The normalized spacial score (nSPS) is 30.7. The molecule has 0 spiro atoms. The SMILES string of the molecule is CC(C)[C@@H]1CC[C@@H](C)C[C@H]1C(=O)CCCN. The molecule has 0 radical (unpaired) electrons. The van der Waals surface area contributed by atoms with Gasteiger partial charge in [0.25, 0.3) is 0 Å². The maximum absolute atomic E-state index is 12.2. The van der Waals surface area contributed by atoms with Gasteiger partial charge in [-0.3, -0.25) is 4.79 Å². The Kier molecular flexibility index (Phi) is 5.47. The predicted molar refractivity (Wildman–Crippen MR) is 68.1 cm³/mol. The van der Waals surface area contributed by atoms with Crippen molar-refractivity contribution < 1.29 is 4.79 Å². The van der Waals surface area contributed by atoms with Crippen molar-refractivity contribution in [3.8, 4) is 0 Å². The van der Waals surface area contributed by atoms with Crippen LogP contribution in [-0.4, -0.2) is 12.3 Å². The Morgan fingerprint density at radius 1 is 1.38 bits per heavy atom. The van der Waals surface area contributed by atoms with Gasteiger partial charge in [0.05, 0.1) is 0 Å². The van der Waals surface area contributed by atoms with Gasteiger partial charge in [0.2, 0.25) is 0 Å². The van der Waals surface area contributed by atoms with Crippen LogP contribution in [0.2, 0.25) is 0 Å². The number of rotatable bonds is 5. The first-order chi connectivity index (χ1) is 7.56. The molecule has 0 saturated heterocycles. The van der Waals surface area contributed by atoms with Crippen LogP contribution in [0.4, 0.5) is 0 Å². The summed E-state index contributed by atoms with van der Waals surface area (Å²) < 4.78 is 0. The first kappa shape index (κ1) is 13.7. The first-order valence-corrected chi connectivity index (χ1v) is 6.79. The van der Waals surface area contributed by atoms with Crippen LogP contribution >= 0.6 is 0 Å². The summed E-state index contributed by atoms with van der Waals surface area (Å²) in [5, 5.41) is 0. The molecule has 3 atom stereocenters. The van der Waals surface area contributed by atoms with Crippen molar-refractivity contribution in [2.45, 2.75) is 52.9 Å². The zero-order chi connectivity index (χ0) is 12.1. The largest absolute Gasteiger partial charge is 0.330 e. The van der Waals surface area contributed by atoms with E-state index in [4.69, 9.17) is 5.73 Å². The number of Topliss-reactive ketones (excluding diaryl/α,β-unsaturated/α-hetero) is 1. The van der Waals surface area contributed by atoms with Gasteiger partial charge in [0.1, 0.15) is 5.78 Å². The smallest absolute Gasteiger partial charge is 0.136 e. The van der Waals surface area contributed by atoms with Gasteiger partial charge in [-0.15, -0.1) is 0 Å². The van der Waals surface area contributed by atoms with Crippen LogP contribution in [-0.2, 0) is 4.79 Å². The first-order valence-electron chi connectivity index (χ1n) is 6.79. The van der Waals surface area contributed by atoms with Crippen LogP contribution in [0.25, 0.3) is 0 Å². The lowest BCUT2D eigenvalue weighted by Gasteiger charge is -2.36. The molecule has 0 heterocycles. The third kappa shape index (κ3) is 3.58. The van der Waals surface area contributed by atoms with Crippen LogP contribution in [0.15, 0.2) is 0 Å². The zero-order valence-electron chi connectivity index (χ0n) is 11.0. The van der Waals surface area contributed by atoms with Gasteiger partial charge in [-0.05, 0) is 43.6 Å². The summed E-state index contributed by atoms with van der Waals surface area (Å²) in [5.41, 5.74) is 5.48. The van der Waals surface area contributed by atoms with Gasteiger partial charge in [-0.25, -0.2) is 0 Å².